The molecular weight excluding hydrogens is 362 g/mol. The van der Waals surface area contributed by atoms with Crippen molar-refractivity contribution in [2.75, 3.05) is 19.4 Å². The lowest BCUT2D eigenvalue weighted by Crippen LogP contribution is -2.26. The second-order valence-electron chi connectivity index (χ2n) is 6.99. The summed E-state index contributed by atoms with van der Waals surface area (Å²) in [6, 6.07) is 28.3. The Morgan fingerprint density at radius 1 is 0.786 bits per heavy atom. The van der Waals surface area contributed by atoms with Gasteiger partial charge in [-0.25, -0.2) is 0 Å². The summed E-state index contributed by atoms with van der Waals surface area (Å²) in [5.41, 5.74) is 10.9. The number of ether oxygens (including phenoxy) is 1. The molecular formula is C25H29NOS. The molecule has 1 atom stereocenters. The van der Waals surface area contributed by atoms with Gasteiger partial charge in [-0.05, 0) is 60.9 Å². The topological polar surface area (TPSA) is 35.2 Å². The van der Waals surface area contributed by atoms with Gasteiger partial charge in [-0.15, -0.1) is 11.8 Å². The van der Waals surface area contributed by atoms with Crippen LogP contribution in [0.25, 0.3) is 0 Å². The van der Waals surface area contributed by atoms with Crippen LogP contribution in [-0.2, 0) is 4.75 Å². The molecule has 0 aliphatic carbocycles. The lowest BCUT2D eigenvalue weighted by atomic mass is 9.83. The van der Waals surface area contributed by atoms with E-state index in [9.17, 15) is 0 Å². The smallest absolute Gasteiger partial charge is 0.118 e. The van der Waals surface area contributed by atoms with Crippen molar-refractivity contribution in [2.24, 2.45) is 5.73 Å². The number of aryl methyl sites for hydroxylation is 1. The van der Waals surface area contributed by atoms with Crippen LogP contribution in [0.15, 0.2) is 78.9 Å². The molecule has 0 radical (unpaired) electrons. The zero-order chi connectivity index (χ0) is 19.8. The van der Waals surface area contributed by atoms with Crippen molar-refractivity contribution in [3.05, 3.63) is 101 Å². The van der Waals surface area contributed by atoms with Crippen molar-refractivity contribution in [1.29, 1.82) is 0 Å². The molecule has 0 spiro atoms. The van der Waals surface area contributed by atoms with Crippen LogP contribution in [0.5, 0.6) is 5.75 Å². The lowest BCUT2D eigenvalue weighted by Gasteiger charge is -2.35. The van der Waals surface area contributed by atoms with Crippen molar-refractivity contribution in [3.8, 4) is 5.75 Å². The summed E-state index contributed by atoms with van der Waals surface area (Å²) in [5, 5.41) is 0. The fourth-order valence-electron chi connectivity index (χ4n) is 3.51. The van der Waals surface area contributed by atoms with Crippen LogP contribution in [0.4, 0.5) is 0 Å². The summed E-state index contributed by atoms with van der Waals surface area (Å²) < 4.78 is 5.13. The molecule has 0 amide bonds. The Morgan fingerprint density at radius 3 is 1.93 bits per heavy atom. The Kier molecular flexibility index (Phi) is 7.18. The largest absolute Gasteiger partial charge is 0.497 e. The van der Waals surface area contributed by atoms with Crippen molar-refractivity contribution in [3.63, 3.8) is 0 Å². The molecule has 28 heavy (non-hydrogen) atoms. The highest BCUT2D eigenvalue weighted by Gasteiger charge is 2.36. The number of methoxy groups -OCH3 is 1. The van der Waals surface area contributed by atoms with E-state index in [1.165, 1.54) is 22.3 Å². The average Bonchev–Trinajstić information content (AvgIpc) is 2.76. The standard InChI is InChI=1S/C25H29NOS/c1-20-10-12-22(13-11-20)25(28-19-7-6-18-26,21-8-4-3-5-9-21)23-14-16-24(27-2)17-15-23/h3-5,8-17H,6-7,18-19,26H2,1-2H3. The predicted octanol–water partition coefficient (Wildman–Crippen LogP) is 5.77. The summed E-state index contributed by atoms with van der Waals surface area (Å²) in [7, 11) is 1.71. The van der Waals surface area contributed by atoms with Crippen molar-refractivity contribution in [1.82, 2.24) is 0 Å². The van der Waals surface area contributed by atoms with Crippen LogP contribution < -0.4 is 10.5 Å². The molecule has 3 aromatic rings. The summed E-state index contributed by atoms with van der Waals surface area (Å²) in [6.07, 6.45) is 2.16. The maximum Gasteiger partial charge on any atom is 0.118 e. The molecule has 0 aliphatic heterocycles. The SMILES string of the molecule is COc1ccc(C(SCCCCN)(c2ccccc2)c2ccc(C)cc2)cc1. The van der Waals surface area contributed by atoms with Crippen LogP contribution >= 0.6 is 11.8 Å². The predicted molar refractivity (Wildman–Crippen MR) is 121 cm³/mol. The number of rotatable bonds is 9. The van der Waals surface area contributed by atoms with Crippen molar-refractivity contribution in [2.45, 2.75) is 24.5 Å². The molecule has 3 aromatic carbocycles. The number of hydrogen-bond acceptors (Lipinski definition) is 3. The third kappa shape index (κ3) is 4.43. The van der Waals surface area contributed by atoms with Gasteiger partial charge in [0.2, 0.25) is 0 Å². The second kappa shape index (κ2) is 9.81. The van der Waals surface area contributed by atoms with E-state index in [4.69, 9.17) is 10.5 Å². The van der Waals surface area contributed by atoms with Gasteiger partial charge in [0.05, 0.1) is 11.9 Å². The maximum atomic E-state index is 5.74. The molecule has 146 valence electrons. The van der Waals surface area contributed by atoms with Gasteiger partial charge >= 0.3 is 0 Å². The average molecular weight is 392 g/mol. The summed E-state index contributed by atoms with van der Waals surface area (Å²) in [6.45, 7) is 2.88. The van der Waals surface area contributed by atoms with E-state index in [0.29, 0.717) is 0 Å². The highest BCUT2D eigenvalue weighted by Crippen LogP contribution is 2.49. The summed E-state index contributed by atoms with van der Waals surface area (Å²) >= 11 is 1.99. The van der Waals surface area contributed by atoms with Gasteiger partial charge in [0.15, 0.2) is 0 Å². The molecule has 0 bridgehead atoms. The van der Waals surface area contributed by atoms with Gasteiger partial charge < -0.3 is 10.5 Å². The van der Waals surface area contributed by atoms with Gasteiger partial charge in [-0.2, -0.15) is 0 Å². The highest BCUT2D eigenvalue weighted by atomic mass is 32.2. The van der Waals surface area contributed by atoms with Gasteiger partial charge in [-0.1, -0.05) is 72.3 Å². The molecule has 2 N–H and O–H groups in total. The molecule has 3 rings (SSSR count). The second-order valence-corrected chi connectivity index (χ2v) is 8.30. The normalized spacial score (nSPS) is 13.1. The van der Waals surface area contributed by atoms with Gasteiger partial charge in [0.25, 0.3) is 0 Å². The number of hydrogen-bond donors (Lipinski definition) is 1. The fourth-order valence-corrected chi connectivity index (χ4v) is 5.07. The van der Waals surface area contributed by atoms with Gasteiger partial charge in [0, 0.05) is 0 Å². The summed E-state index contributed by atoms with van der Waals surface area (Å²) in [4.78, 5) is 0. The third-order valence-corrected chi connectivity index (χ3v) is 6.68. The molecule has 0 saturated carbocycles. The first kappa shape index (κ1) is 20.5. The molecule has 0 fully saturated rings. The minimum atomic E-state index is -0.268. The van der Waals surface area contributed by atoms with Crippen LogP contribution in [0.1, 0.15) is 35.1 Å². The van der Waals surface area contributed by atoms with E-state index >= 15 is 0 Å². The van der Waals surface area contributed by atoms with E-state index in [2.05, 4.69) is 85.8 Å². The monoisotopic (exact) mass is 391 g/mol. The van der Waals surface area contributed by atoms with Crippen molar-refractivity contribution < 1.29 is 4.74 Å². The lowest BCUT2D eigenvalue weighted by molar-refractivity contribution is 0.414. The minimum absolute atomic E-state index is 0.268. The third-order valence-electron chi connectivity index (χ3n) is 5.05. The summed E-state index contributed by atoms with van der Waals surface area (Å²) in [5.74, 6) is 1.93. The molecule has 0 heterocycles. The minimum Gasteiger partial charge on any atom is -0.497 e. The van der Waals surface area contributed by atoms with Gasteiger partial charge in [-0.3, -0.25) is 0 Å². The van der Waals surface area contributed by atoms with E-state index < -0.39 is 0 Å². The van der Waals surface area contributed by atoms with Crippen LogP contribution in [0, 0.1) is 6.92 Å². The molecule has 0 aliphatic rings. The van der Waals surface area contributed by atoms with E-state index in [0.717, 1.165) is 30.9 Å². The number of thioether (sulfide) groups is 1. The fraction of sp³-hybridized carbons (Fsp3) is 0.280. The Hall–Kier alpha value is -2.23. The Labute approximate surface area is 173 Å². The first-order valence-corrected chi connectivity index (χ1v) is 10.8. The Bertz CT molecular complexity index is 846. The first-order chi connectivity index (χ1) is 13.7. The number of unbranched alkanes of at least 4 members (excludes halogenated alkanes) is 1. The quantitative estimate of drug-likeness (QED) is 0.372. The zero-order valence-electron chi connectivity index (χ0n) is 16.7. The van der Waals surface area contributed by atoms with E-state index in [-0.39, 0.29) is 4.75 Å². The number of nitrogens with two attached hydrogens (primary N) is 1. The first-order valence-electron chi connectivity index (χ1n) is 9.82. The molecule has 3 heteroatoms. The van der Waals surface area contributed by atoms with E-state index in [1.807, 2.05) is 11.8 Å². The van der Waals surface area contributed by atoms with Gasteiger partial charge in [0.1, 0.15) is 5.75 Å². The van der Waals surface area contributed by atoms with Crippen LogP contribution in [0.3, 0.4) is 0 Å². The number of benzene rings is 3. The Balaban J connectivity index is 2.16. The van der Waals surface area contributed by atoms with Crippen LogP contribution in [-0.4, -0.2) is 19.4 Å². The zero-order valence-corrected chi connectivity index (χ0v) is 17.5. The molecule has 0 saturated heterocycles. The Morgan fingerprint density at radius 2 is 1.36 bits per heavy atom. The molecule has 1 unspecified atom stereocenters. The highest BCUT2D eigenvalue weighted by molar-refractivity contribution is 8.00. The molecule has 2 nitrogen and oxygen atoms in total. The van der Waals surface area contributed by atoms with E-state index in [1.54, 1.807) is 7.11 Å². The molecule has 0 aromatic heterocycles. The maximum absolute atomic E-state index is 5.74. The van der Waals surface area contributed by atoms with Crippen LogP contribution in [0.2, 0.25) is 0 Å². The van der Waals surface area contributed by atoms with Crippen molar-refractivity contribution >= 4 is 11.8 Å².